The highest BCUT2D eigenvalue weighted by Crippen LogP contribution is 2.40. The molecule has 0 aliphatic heterocycles. The third kappa shape index (κ3) is 2.96. The Morgan fingerprint density at radius 1 is 1.12 bits per heavy atom. The van der Waals surface area contributed by atoms with Gasteiger partial charge in [0.25, 0.3) is 0 Å². The number of fused-ring (bicyclic) bond motifs is 1. The summed E-state index contributed by atoms with van der Waals surface area (Å²) in [7, 11) is 0. The number of anilines is 1. The van der Waals surface area contributed by atoms with E-state index in [0.717, 1.165) is 10.8 Å². The minimum atomic E-state index is -1.05. The summed E-state index contributed by atoms with van der Waals surface area (Å²) in [4.78, 5) is 36.8. The van der Waals surface area contributed by atoms with Crippen LogP contribution in [0, 0.1) is 5.41 Å². The van der Waals surface area contributed by atoms with E-state index in [2.05, 4.69) is 5.32 Å². The highest BCUT2D eigenvalue weighted by Gasteiger charge is 2.48. The molecular weight excluding hydrogens is 302 g/mol. The molecule has 0 unspecified atom stereocenters. The Balaban J connectivity index is 1.90. The number of benzene rings is 2. The molecule has 1 N–H and O–H groups in total. The fraction of sp³-hybridized carbons (Fsp3) is 0.350. The maximum Gasteiger partial charge on any atom is 0.238 e. The van der Waals surface area contributed by atoms with Crippen LogP contribution in [0.2, 0.25) is 0 Å². The van der Waals surface area contributed by atoms with Crippen LogP contribution in [0.3, 0.4) is 0 Å². The Kier molecular flexibility index (Phi) is 4.47. The molecule has 0 spiro atoms. The lowest BCUT2D eigenvalue weighted by Crippen LogP contribution is -2.40. The summed E-state index contributed by atoms with van der Waals surface area (Å²) in [5.74, 6) is -0.309. The van der Waals surface area contributed by atoms with Gasteiger partial charge in [-0.15, -0.1) is 0 Å². The van der Waals surface area contributed by atoms with E-state index < -0.39 is 5.41 Å². The molecule has 1 fully saturated rings. The molecule has 1 amide bonds. The first-order valence-corrected chi connectivity index (χ1v) is 8.35. The summed E-state index contributed by atoms with van der Waals surface area (Å²) in [5.41, 5.74) is -0.345. The summed E-state index contributed by atoms with van der Waals surface area (Å²) >= 11 is 0. The molecule has 24 heavy (non-hydrogen) atoms. The molecule has 1 aliphatic rings. The third-order valence-electron chi connectivity index (χ3n) is 4.92. The second-order valence-corrected chi connectivity index (χ2v) is 6.54. The van der Waals surface area contributed by atoms with Crippen molar-refractivity contribution in [3.05, 3.63) is 42.5 Å². The van der Waals surface area contributed by atoms with Crippen LogP contribution in [0.4, 0.5) is 5.69 Å². The molecule has 1 aliphatic carbocycles. The summed E-state index contributed by atoms with van der Waals surface area (Å²) in [6.07, 6.45) is 2.21. The highest BCUT2D eigenvalue weighted by atomic mass is 16.2. The van der Waals surface area contributed by atoms with Gasteiger partial charge in [-0.2, -0.15) is 0 Å². The van der Waals surface area contributed by atoms with Crippen molar-refractivity contribution in [1.82, 2.24) is 0 Å². The van der Waals surface area contributed by atoms with Gasteiger partial charge < -0.3 is 10.1 Å². The highest BCUT2D eigenvalue weighted by molar-refractivity contribution is 6.14. The summed E-state index contributed by atoms with van der Waals surface area (Å²) in [6, 6.07) is 13.5. The molecule has 0 bridgehead atoms. The molecule has 0 saturated heterocycles. The number of carbonyl (C=O) groups excluding carboxylic acids is 3. The van der Waals surface area contributed by atoms with Gasteiger partial charge >= 0.3 is 0 Å². The summed E-state index contributed by atoms with van der Waals surface area (Å²) in [6.45, 7) is 1.50. The molecule has 2 aromatic rings. The van der Waals surface area contributed by atoms with Gasteiger partial charge in [-0.3, -0.25) is 9.59 Å². The van der Waals surface area contributed by atoms with Gasteiger partial charge in [0.2, 0.25) is 5.91 Å². The zero-order valence-corrected chi connectivity index (χ0v) is 13.8. The Hall–Kier alpha value is -2.49. The zero-order valence-electron chi connectivity index (χ0n) is 13.8. The van der Waals surface area contributed by atoms with Gasteiger partial charge in [0.05, 0.1) is 0 Å². The zero-order chi connectivity index (χ0) is 17.2. The fourth-order valence-corrected chi connectivity index (χ4v) is 3.51. The van der Waals surface area contributed by atoms with Gasteiger partial charge in [0, 0.05) is 23.9 Å². The van der Waals surface area contributed by atoms with E-state index in [-0.39, 0.29) is 23.9 Å². The van der Waals surface area contributed by atoms with Crippen LogP contribution in [-0.2, 0) is 14.4 Å². The number of hydrogen-bond donors (Lipinski definition) is 1. The van der Waals surface area contributed by atoms with Gasteiger partial charge in [0.1, 0.15) is 17.0 Å². The fourth-order valence-electron chi connectivity index (χ4n) is 3.51. The van der Waals surface area contributed by atoms with Crippen LogP contribution in [-0.4, -0.2) is 17.5 Å². The van der Waals surface area contributed by atoms with Crippen molar-refractivity contribution in [3.8, 4) is 0 Å². The maximum absolute atomic E-state index is 13.0. The van der Waals surface area contributed by atoms with Crippen LogP contribution in [0.15, 0.2) is 42.5 Å². The molecule has 1 atom stereocenters. The predicted molar refractivity (Wildman–Crippen MR) is 93.8 cm³/mol. The quantitative estimate of drug-likeness (QED) is 0.849. The van der Waals surface area contributed by atoms with Crippen LogP contribution < -0.4 is 5.32 Å². The topological polar surface area (TPSA) is 63.2 Å². The van der Waals surface area contributed by atoms with Crippen molar-refractivity contribution < 1.29 is 14.4 Å². The molecule has 124 valence electrons. The molecule has 3 rings (SSSR count). The van der Waals surface area contributed by atoms with Crippen molar-refractivity contribution in [2.75, 3.05) is 5.32 Å². The van der Waals surface area contributed by atoms with Crippen LogP contribution in [0.5, 0.6) is 0 Å². The van der Waals surface area contributed by atoms with Gasteiger partial charge in [-0.1, -0.05) is 36.4 Å². The van der Waals surface area contributed by atoms with Crippen molar-refractivity contribution >= 4 is 33.9 Å². The smallest absolute Gasteiger partial charge is 0.238 e. The van der Waals surface area contributed by atoms with Crippen molar-refractivity contribution in [2.45, 2.75) is 39.0 Å². The van der Waals surface area contributed by atoms with E-state index in [1.54, 1.807) is 0 Å². The maximum atomic E-state index is 13.0. The number of Topliss-reactive ketones (excluding diaryl/α,β-unsaturated/α-hetero) is 2. The molecule has 0 heterocycles. The molecule has 0 aromatic heterocycles. The number of carbonyl (C=O) groups is 3. The first-order valence-electron chi connectivity index (χ1n) is 8.35. The van der Waals surface area contributed by atoms with E-state index in [9.17, 15) is 14.4 Å². The normalized spacial score (nSPS) is 20.3. The Morgan fingerprint density at radius 3 is 2.58 bits per heavy atom. The predicted octanol–water partition coefficient (Wildman–Crippen LogP) is 3.89. The van der Waals surface area contributed by atoms with E-state index in [1.807, 2.05) is 42.5 Å². The first-order chi connectivity index (χ1) is 11.5. The number of nitrogens with one attached hydrogen (secondary N) is 1. The van der Waals surface area contributed by atoms with Crippen LogP contribution in [0.25, 0.3) is 10.8 Å². The average Bonchev–Trinajstić information content (AvgIpc) is 2.95. The van der Waals surface area contributed by atoms with Crippen LogP contribution in [0.1, 0.15) is 39.0 Å². The minimum Gasteiger partial charge on any atom is -0.325 e. The minimum absolute atomic E-state index is 0.00651. The third-order valence-corrected chi connectivity index (χ3v) is 4.92. The molecule has 0 radical (unpaired) electrons. The van der Waals surface area contributed by atoms with Crippen molar-refractivity contribution in [3.63, 3.8) is 0 Å². The lowest BCUT2D eigenvalue weighted by atomic mass is 9.79. The molecule has 1 saturated carbocycles. The lowest BCUT2D eigenvalue weighted by molar-refractivity contribution is -0.137. The largest absolute Gasteiger partial charge is 0.325 e. The summed E-state index contributed by atoms with van der Waals surface area (Å²) in [5, 5.41) is 4.93. The SMILES string of the molecule is CC(=O)CC[C@@]1(C(=O)Nc2cccc3ccccc23)CCCC1=O. The number of hydrogen-bond acceptors (Lipinski definition) is 3. The van der Waals surface area contributed by atoms with E-state index in [4.69, 9.17) is 0 Å². The molecule has 4 nitrogen and oxygen atoms in total. The van der Waals surface area contributed by atoms with Crippen LogP contribution >= 0.6 is 0 Å². The Morgan fingerprint density at radius 2 is 1.88 bits per heavy atom. The number of rotatable bonds is 5. The van der Waals surface area contributed by atoms with Crippen molar-refractivity contribution in [1.29, 1.82) is 0 Å². The van der Waals surface area contributed by atoms with Gasteiger partial charge in [0.15, 0.2) is 0 Å². The summed E-state index contributed by atoms with van der Waals surface area (Å²) < 4.78 is 0. The van der Waals surface area contributed by atoms with E-state index in [0.29, 0.717) is 31.4 Å². The Bertz CT molecular complexity index is 806. The number of amides is 1. The van der Waals surface area contributed by atoms with Gasteiger partial charge in [-0.25, -0.2) is 0 Å². The molecular formula is C20H21NO3. The van der Waals surface area contributed by atoms with E-state index in [1.165, 1.54) is 6.92 Å². The second-order valence-electron chi connectivity index (χ2n) is 6.54. The van der Waals surface area contributed by atoms with Gasteiger partial charge in [-0.05, 0) is 37.6 Å². The Labute approximate surface area is 141 Å². The monoisotopic (exact) mass is 323 g/mol. The first kappa shape index (κ1) is 16.4. The average molecular weight is 323 g/mol. The number of ketones is 2. The molecule has 2 aromatic carbocycles. The van der Waals surface area contributed by atoms with Crippen molar-refractivity contribution in [2.24, 2.45) is 5.41 Å². The van der Waals surface area contributed by atoms with E-state index >= 15 is 0 Å². The molecule has 4 heteroatoms. The lowest BCUT2D eigenvalue weighted by Gasteiger charge is -2.26. The standard InChI is InChI=1S/C20H21NO3/c1-14(22)11-13-20(12-5-10-18(20)23)19(24)21-17-9-4-7-15-6-2-3-8-16(15)17/h2-4,6-9H,5,10-13H2,1H3,(H,21,24)/t20-/m0/s1. The second kappa shape index (κ2) is 6.56.